The summed E-state index contributed by atoms with van der Waals surface area (Å²) in [6.45, 7) is 4.24. The minimum absolute atomic E-state index is 0.0615. The normalized spacial score (nSPS) is 11.7. The molecule has 0 amide bonds. The number of benzene rings is 3. The molecule has 0 saturated heterocycles. The molecule has 4 nitrogen and oxygen atoms in total. The second kappa shape index (κ2) is 9.88. The maximum absolute atomic E-state index is 13.5. The molecule has 0 saturated carbocycles. The largest absolute Gasteiger partial charge is 0.489 e. The first-order valence-corrected chi connectivity index (χ1v) is 10.0. The Morgan fingerprint density at radius 1 is 0.900 bits per heavy atom. The number of rotatable bonds is 9. The molecule has 0 aromatic heterocycles. The van der Waals surface area contributed by atoms with Gasteiger partial charge in [-0.05, 0) is 43.0 Å². The standard InChI is InChI=1S/C26H26O4/c1-18-9-6-7-12-21(18)23(15-16-25(27)28)26(29)22-13-8-14-24(19(22)2)30-17-20-10-4-3-5-11-20/h3-14,23H,15-17H2,1-2H3,(H,27,28)/t23-/m0/s1. The second-order valence-electron chi connectivity index (χ2n) is 7.41. The number of hydrogen-bond acceptors (Lipinski definition) is 3. The van der Waals surface area contributed by atoms with Gasteiger partial charge in [-0.2, -0.15) is 0 Å². The van der Waals surface area contributed by atoms with Crippen LogP contribution in [0.3, 0.4) is 0 Å². The van der Waals surface area contributed by atoms with Crippen molar-refractivity contribution in [2.45, 2.75) is 39.2 Å². The fourth-order valence-electron chi connectivity index (χ4n) is 3.63. The van der Waals surface area contributed by atoms with Gasteiger partial charge in [0.25, 0.3) is 0 Å². The van der Waals surface area contributed by atoms with E-state index in [0.717, 1.165) is 22.3 Å². The summed E-state index contributed by atoms with van der Waals surface area (Å²) in [5, 5.41) is 9.18. The summed E-state index contributed by atoms with van der Waals surface area (Å²) in [7, 11) is 0. The summed E-state index contributed by atoms with van der Waals surface area (Å²) in [6, 6.07) is 23.0. The van der Waals surface area contributed by atoms with Gasteiger partial charge < -0.3 is 9.84 Å². The highest BCUT2D eigenvalue weighted by molar-refractivity contribution is 6.03. The maximum Gasteiger partial charge on any atom is 0.303 e. The molecule has 30 heavy (non-hydrogen) atoms. The van der Waals surface area contributed by atoms with Crippen LogP contribution in [0.2, 0.25) is 0 Å². The summed E-state index contributed by atoms with van der Waals surface area (Å²) >= 11 is 0. The van der Waals surface area contributed by atoms with E-state index in [-0.39, 0.29) is 18.6 Å². The number of aliphatic carboxylic acids is 1. The number of carboxylic acid groups (broad SMARTS) is 1. The first-order valence-electron chi connectivity index (χ1n) is 10.0. The lowest BCUT2D eigenvalue weighted by molar-refractivity contribution is -0.137. The number of carboxylic acids is 1. The summed E-state index contributed by atoms with van der Waals surface area (Å²) in [4.78, 5) is 24.7. The van der Waals surface area contributed by atoms with Crippen molar-refractivity contribution in [2.75, 3.05) is 0 Å². The highest BCUT2D eigenvalue weighted by Crippen LogP contribution is 2.32. The van der Waals surface area contributed by atoms with Gasteiger partial charge in [0.05, 0.1) is 0 Å². The molecule has 0 unspecified atom stereocenters. The molecule has 0 aliphatic heterocycles. The van der Waals surface area contributed by atoms with Crippen molar-refractivity contribution in [3.63, 3.8) is 0 Å². The Labute approximate surface area is 177 Å². The molecule has 3 aromatic carbocycles. The Balaban J connectivity index is 1.88. The lowest BCUT2D eigenvalue weighted by atomic mass is 9.83. The van der Waals surface area contributed by atoms with E-state index in [1.807, 2.05) is 80.6 Å². The fourth-order valence-corrected chi connectivity index (χ4v) is 3.63. The summed E-state index contributed by atoms with van der Waals surface area (Å²) in [6.07, 6.45) is 0.196. The van der Waals surface area contributed by atoms with E-state index >= 15 is 0 Å². The van der Waals surface area contributed by atoms with Crippen LogP contribution in [-0.2, 0) is 11.4 Å². The van der Waals surface area contributed by atoms with Crippen LogP contribution in [0.15, 0.2) is 72.8 Å². The molecule has 3 aromatic rings. The van der Waals surface area contributed by atoms with Crippen molar-refractivity contribution in [3.05, 3.63) is 101 Å². The van der Waals surface area contributed by atoms with E-state index in [1.54, 1.807) is 6.07 Å². The van der Waals surface area contributed by atoms with Crippen LogP contribution >= 0.6 is 0 Å². The van der Waals surface area contributed by atoms with Crippen molar-refractivity contribution in [2.24, 2.45) is 0 Å². The van der Waals surface area contributed by atoms with Crippen LogP contribution in [-0.4, -0.2) is 16.9 Å². The number of hydrogen-bond donors (Lipinski definition) is 1. The average Bonchev–Trinajstić information content (AvgIpc) is 2.74. The zero-order valence-electron chi connectivity index (χ0n) is 17.3. The minimum Gasteiger partial charge on any atom is -0.489 e. The number of carbonyl (C=O) groups is 2. The van der Waals surface area contributed by atoms with E-state index in [1.165, 1.54) is 0 Å². The summed E-state index contributed by atoms with van der Waals surface area (Å²) < 4.78 is 5.97. The number of Topliss-reactive ketones (excluding diaryl/α,β-unsaturated/α-hetero) is 1. The predicted octanol–water partition coefficient (Wildman–Crippen LogP) is 5.71. The van der Waals surface area contributed by atoms with Crippen molar-refractivity contribution < 1.29 is 19.4 Å². The molecular weight excluding hydrogens is 376 g/mol. The Bertz CT molecular complexity index is 1020. The molecule has 0 spiro atoms. The highest BCUT2D eigenvalue weighted by Gasteiger charge is 2.26. The number of carbonyl (C=O) groups excluding carboxylic acids is 1. The Morgan fingerprint density at radius 3 is 2.30 bits per heavy atom. The van der Waals surface area contributed by atoms with Crippen LogP contribution in [0.4, 0.5) is 0 Å². The third kappa shape index (κ3) is 5.15. The molecule has 3 rings (SSSR count). The van der Waals surface area contributed by atoms with Gasteiger partial charge in [-0.25, -0.2) is 0 Å². The van der Waals surface area contributed by atoms with Gasteiger partial charge in [0.15, 0.2) is 5.78 Å². The highest BCUT2D eigenvalue weighted by atomic mass is 16.5. The molecule has 1 N–H and O–H groups in total. The number of ether oxygens (including phenoxy) is 1. The Kier molecular flexibility index (Phi) is 7.02. The molecule has 4 heteroatoms. The lowest BCUT2D eigenvalue weighted by Gasteiger charge is -2.20. The zero-order chi connectivity index (χ0) is 21.5. The van der Waals surface area contributed by atoms with Gasteiger partial charge in [0, 0.05) is 23.5 Å². The van der Waals surface area contributed by atoms with Crippen molar-refractivity contribution >= 4 is 11.8 Å². The Hall–Kier alpha value is -3.40. The topological polar surface area (TPSA) is 63.6 Å². The maximum atomic E-state index is 13.5. The summed E-state index contributed by atoms with van der Waals surface area (Å²) in [5.74, 6) is -0.830. The van der Waals surface area contributed by atoms with Crippen LogP contribution in [0, 0.1) is 13.8 Å². The zero-order valence-corrected chi connectivity index (χ0v) is 17.3. The number of ketones is 1. The molecule has 0 fully saturated rings. The third-order valence-electron chi connectivity index (χ3n) is 5.31. The molecule has 0 aliphatic carbocycles. The number of aryl methyl sites for hydroxylation is 1. The Morgan fingerprint density at radius 2 is 1.60 bits per heavy atom. The third-order valence-corrected chi connectivity index (χ3v) is 5.31. The van der Waals surface area contributed by atoms with Gasteiger partial charge >= 0.3 is 5.97 Å². The van der Waals surface area contributed by atoms with Crippen molar-refractivity contribution in [3.8, 4) is 5.75 Å². The summed E-state index contributed by atoms with van der Waals surface area (Å²) in [5.41, 5.74) is 4.24. The monoisotopic (exact) mass is 402 g/mol. The molecular formula is C26H26O4. The van der Waals surface area contributed by atoms with Gasteiger partial charge in [-0.1, -0.05) is 66.7 Å². The molecule has 0 radical (unpaired) electrons. The molecule has 0 bridgehead atoms. The van der Waals surface area contributed by atoms with Crippen molar-refractivity contribution in [1.29, 1.82) is 0 Å². The van der Waals surface area contributed by atoms with E-state index in [0.29, 0.717) is 17.9 Å². The molecule has 0 aliphatic rings. The molecule has 154 valence electrons. The van der Waals surface area contributed by atoms with E-state index in [2.05, 4.69) is 0 Å². The van der Waals surface area contributed by atoms with Crippen molar-refractivity contribution in [1.82, 2.24) is 0 Å². The van der Waals surface area contributed by atoms with E-state index < -0.39 is 11.9 Å². The second-order valence-corrected chi connectivity index (χ2v) is 7.41. The van der Waals surface area contributed by atoms with E-state index in [9.17, 15) is 14.7 Å². The van der Waals surface area contributed by atoms with Crippen LogP contribution in [0.5, 0.6) is 5.75 Å². The van der Waals surface area contributed by atoms with Crippen LogP contribution < -0.4 is 4.74 Å². The quantitative estimate of drug-likeness (QED) is 0.465. The minimum atomic E-state index is -0.905. The SMILES string of the molecule is Cc1ccccc1[C@H](CCC(=O)O)C(=O)c1cccc(OCc2ccccc2)c1C. The fraction of sp³-hybridized carbons (Fsp3) is 0.231. The van der Waals surface area contributed by atoms with Crippen LogP contribution in [0.1, 0.15) is 51.4 Å². The first-order chi connectivity index (χ1) is 14.5. The van der Waals surface area contributed by atoms with Gasteiger partial charge in [-0.15, -0.1) is 0 Å². The van der Waals surface area contributed by atoms with Crippen LogP contribution in [0.25, 0.3) is 0 Å². The lowest BCUT2D eigenvalue weighted by Crippen LogP contribution is -2.17. The van der Waals surface area contributed by atoms with Gasteiger partial charge in [0.1, 0.15) is 12.4 Å². The smallest absolute Gasteiger partial charge is 0.303 e. The van der Waals surface area contributed by atoms with Gasteiger partial charge in [0.2, 0.25) is 0 Å². The van der Waals surface area contributed by atoms with E-state index in [4.69, 9.17) is 4.74 Å². The van der Waals surface area contributed by atoms with Gasteiger partial charge in [-0.3, -0.25) is 9.59 Å². The molecule has 0 heterocycles. The molecule has 1 atom stereocenters. The average molecular weight is 402 g/mol. The predicted molar refractivity (Wildman–Crippen MR) is 117 cm³/mol. The first kappa shape index (κ1) is 21.3.